The molecule has 0 saturated heterocycles. The monoisotopic (exact) mass is 1450 g/mol. The van der Waals surface area contributed by atoms with E-state index >= 15 is 0 Å². The van der Waals surface area contributed by atoms with Crippen LogP contribution in [0.5, 0.6) is 0 Å². The number of aryl methyl sites for hydroxylation is 6. The molecule has 6 heterocycles. The largest absolute Gasteiger partial charge is 0.469 e. The molecular weight excluding hydrogens is 1380 g/mol. The van der Waals surface area contributed by atoms with Gasteiger partial charge in [0.15, 0.2) is 27.0 Å². The zero-order chi connectivity index (χ0) is 70.4. The number of hydrogen-bond donors (Lipinski definition) is 11. The first-order chi connectivity index (χ1) is 45.9. The highest BCUT2D eigenvalue weighted by molar-refractivity contribution is 7.18. The number of nitrogens with one attached hydrogen (secondary N) is 7. The van der Waals surface area contributed by atoms with Gasteiger partial charge in [-0.3, -0.25) is 34.0 Å². The van der Waals surface area contributed by atoms with Gasteiger partial charge in [-0.15, -0.1) is 0 Å². The van der Waals surface area contributed by atoms with Crippen molar-refractivity contribution in [2.45, 2.75) is 73.6 Å². The van der Waals surface area contributed by atoms with Gasteiger partial charge >= 0.3 is 11.9 Å². The molecule has 0 fully saturated rings. The minimum atomic E-state index is -0.497. The van der Waals surface area contributed by atoms with Crippen LogP contribution in [0.15, 0.2) is 91.4 Å². The summed E-state index contributed by atoms with van der Waals surface area (Å²) < 4.78 is 8.89. The molecule has 0 unspecified atom stereocenters. The smallest absolute Gasteiger partial charge is 0.307 e. The standard InChI is InChI=1S/C21H22ClN5O3S.C20H21ClN6O3S.C16H13Cl2N5OS.C4H9NO2.H3NO/c1-12-5-4-6-15(22)14(12)9-16(28)17-11-24-21(31-17)27-19-10-18(25-13(2)26-19)23-8-7-20(29)30-3;1-11-4-3-5-14(21)13(11)8-15(28)16-10-23-20(31-16)26-18-9-17(24-12(2)25-18)22-7-6-19(29)27-30;1-8-4-3-5-10(17)14(8)23-15(24)11-7-19-16(25-11)22-13-6-12(18)20-9(2)21-13;1-7-4(6)2-3-5;1-2/h4-6,10-11H,7-9H2,1-3H3,(H2,23,24,25,26,27);3-5,9-10,30H,6-8H2,1-2H3,(H,27,29)(H2,22,23,24,25,26);3-7H,1-2H3,(H,23,24)(H,19,20,21,22);2-3,5H2,1H3;2H,1H2. The molecule has 9 aromatic rings. The normalized spacial score (nSPS) is 10.2. The molecule has 9 rings (SSSR count). The van der Waals surface area contributed by atoms with Crippen molar-refractivity contribution in [3.63, 3.8) is 0 Å². The Balaban J connectivity index is 0.000000246. The van der Waals surface area contributed by atoms with E-state index < -0.39 is 5.91 Å². The summed E-state index contributed by atoms with van der Waals surface area (Å²) in [5, 5.41) is 36.7. The van der Waals surface area contributed by atoms with Crippen molar-refractivity contribution in [3.8, 4) is 0 Å². The van der Waals surface area contributed by atoms with Crippen LogP contribution in [0.3, 0.4) is 0 Å². The lowest BCUT2D eigenvalue weighted by Gasteiger charge is -2.08. The number of esters is 2. The number of Topliss-reactive ketones (excluding diaryl/α,β-unsaturated/α-hetero) is 2. The van der Waals surface area contributed by atoms with Crippen LogP contribution in [-0.4, -0.2) is 124 Å². The van der Waals surface area contributed by atoms with Crippen LogP contribution in [0.2, 0.25) is 20.2 Å². The van der Waals surface area contributed by atoms with Crippen LogP contribution in [0.25, 0.3) is 0 Å². The summed E-state index contributed by atoms with van der Waals surface area (Å²) in [5.41, 5.74) is 11.6. The van der Waals surface area contributed by atoms with Gasteiger partial charge in [-0.2, -0.15) is 0 Å². The Morgan fingerprint density at radius 3 is 1.32 bits per heavy atom. The highest BCUT2D eigenvalue weighted by Crippen LogP contribution is 2.31. The van der Waals surface area contributed by atoms with E-state index in [-0.39, 0.29) is 55.1 Å². The summed E-state index contributed by atoms with van der Waals surface area (Å²) in [6, 6.07) is 21.5. The van der Waals surface area contributed by atoms with E-state index in [0.29, 0.717) is 129 Å². The van der Waals surface area contributed by atoms with E-state index in [1.54, 1.807) is 68.8 Å². The number of hydroxylamine groups is 1. The molecule has 96 heavy (non-hydrogen) atoms. The molecule has 13 N–H and O–H groups in total. The Labute approximate surface area is 583 Å². The maximum atomic E-state index is 12.7. The number of methoxy groups -OCH3 is 2. The number of para-hydroxylation sites is 1. The number of nitrogens with zero attached hydrogens (tertiary/aromatic N) is 9. The van der Waals surface area contributed by atoms with Gasteiger partial charge in [0.25, 0.3) is 5.91 Å². The van der Waals surface area contributed by atoms with Gasteiger partial charge in [0.1, 0.15) is 56.6 Å². The lowest BCUT2D eigenvalue weighted by atomic mass is 10.0. The van der Waals surface area contributed by atoms with Gasteiger partial charge in [-0.25, -0.2) is 56.2 Å². The van der Waals surface area contributed by atoms with Crippen molar-refractivity contribution in [3.05, 3.63) is 172 Å². The molecule has 28 nitrogen and oxygen atoms in total. The fraction of sp³-hybridized carbons (Fsp3) is 0.262. The van der Waals surface area contributed by atoms with Gasteiger partial charge in [0.2, 0.25) is 5.91 Å². The van der Waals surface area contributed by atoms with E-state index in [1.165, 1.54) is 60.6 Å². The minimum Gasteiger partial charge on any atom is -0.469 e. The molecule has 0 spiro atoms. The average Bonchev–Trinajstić information content (AvgIpc) is 1.92. The predicted molar refractivity (Wildman–Crippen MR) is 374 cm³/mol. The summed E-state index contributed by atoms with van der Waals surface area (Å²) in [4.78, 5) is 110. The summed E-state index contributed by atoms with van der Waals surface area (Å²) in [6.45, 7) is 12.0. The highest BCUT2D eigenvalue weighted by atomic mass is 35.5. The van der Waals surface area contributed by atoms with Crippen molar-refractivity contribution < 1.29 is 48.7 Å². The summed E-state index contributed by atoms with van der Waals surface area (Å²) in [7, 11) is 2.69. The van der Waals surface area contributed by atoms with E-state index in [2.05, 4.69) is 92.1 Å². The Kier molecular flexibility index (Phi) is 32.2. The number of nitrogens with two attached hydrogens (primary N) is 2. The zero-order valence-electron chi connectivity index (χ0n) is 52.9. The molecule has 0 atom stereocenters. The molecular formula is C61H68Cl4N18O10S3. The SMILES string of the molecule is COC(=O)CCN.COC(=O)CCNc1cc(Nc2ncc(C(=O)Cc3c(C)cccc3Cl)s2)nc(C)n1.Cc1nc(Cl)cc(Nc2ncc(C(=O)Nc3c(C)cccc3Cl)s2)n1.Cc1nc(NCCC(=O)NO)cc(Nc2ncc(C(=O)Cc3c(C)cccc3Cl)s2)n1.NO. The van der Waals surface area contributed by atoms with E-state index in [9.17, 15) is 28.8 Å². The molecule has 3 aromatic carbocycles. The fourth-order valence-corrected chi connectivity index (χ4v) is 11.3. The second kappa shape index (κ2) is 39.8. The van der Waals surface area contributed by atoms with Crippen LogP contribution < -0.4 is 49.0 Å². The number of benzene rings is 3. The first-order valence-electron chi connectivity index (χ1n) is 28.5. The van der Waals surface area contributed by atoms with E-state index in [1.807, 2.05) is 57.2 Å². The van der Waals surface area contributed by atoms with Crippen LogP contribution in [0.4, 0.5) is 50.2 Å². The minimum absolute atomic E-state index is 0.0502. The lowest BCUT2D eigenvalue weighted by molar-refractivity contribution is -0.141. The number of anilines is 9. The van der Waals surface area contributed by atoms with E-state index in [4.69, 9.17) is 62.6 Å². The number of ether oxygens (including phenoxy) is 2. The second-order valence-corrected chi connectivity index (χ2v) is 24.4. The zero-order valence-corrected chi connectivity index (χ0v) is 58.4. The molecule has 2 amide bonds. The molecule has 0 aliphatic rings. The van der Waals surface area contributed by atoms with Gasteiger partial charge in [-0.05, 0) is 87.6 Å². The molecule has 508 valence electrons. The third kappa shape index (κ3) is 25.6. The summed E-state index contributed by atoms with van der Waals surface area (Å²) in [6.07, 6.45) is 5.62. The molecule has 0 radical (unpaired) electrons. The highest BCUT2D eigenvalue weighted by Gasteiger charge is 2.19. The van der Waals surface area contributed by atoms with Crippen LogP contribution in [-0.2, 0) is 36.7 Å². The Bertz CT molecular complexity index is 3870. The third-order valence-electron chi connectivity index (χ3n) is 12.5. The van der Waals surface area contributed by atoms with Gasteiger partial charge in [-0.1, -0.05) is 117 Å². The van der Waals surface area contributed by atoms with Gasteiger partial charge in [0.05, 0.1) is 66.1 Å². The molecule has 35 heteroatoms. The van der Waals surface area contributed by atoms with Crippen LogP contribution in [0, 0.1) is 41.5 Å². The number of rotatable bonds is 24. The molecule has 0 saturated carbocycles. The predicted octanol–water partition coefficient (Wildman–Crippen LogP) is 11.7. The maximum absolute atomic E-state index is 12.7. The quantitative estimate of drug-likeness (QED) is 0.00880. The fourth-order valence-electron chi connectivity index (χ4n) is 7.94. The summed E-state index contributed by atoms with van der Waals surface area (Å²) in [5.74, 6) is 6.29. The average molecular weight is 1450 g/mol. The first kappa shape index (κ1) is 77.7. The van der Waals surface area contributed by atoms with Gasteiger partial charge < -0.3 is 52.3 Å². The van der Waals surface area contributed by atoms with Crippen molar-refractivity contribution in [1.82, 2.24) is 50.3 Å². The number of halogens is 4. The topological polar surface area (TPSA) is 414 Å². The van der Waals surface area contributed by atoms with Crippen molar-refractivity contribution >= 4 is 166 Å². The number of carbonyl (C=O) groups excluding carboxylic acids is 6. The van der Waals surface area contributed by atoms with Crippen molar-refractivity contribution in [1.29, 1.82) is 0 Å². The molecule has 0 aliphatic carbocycles. The van der Waals surface area contributed by atoms with Crippen molar-refractivity contribution in [2.24, 2.45) is 11.6 Å². The van der Waals surface area contributed by atoms with Crippen molar-refractivity contribution in [2.75, 3.05) is 65.8 Å². The van der Waals surface area contributed by atoms with Crippen LogP contribution in [0.1, 0.15) is 93.6 Å². The number of amides is 2. The Hall–Kier alpha value is -8.99. The maximum Gasteiger partial charge on any atom is 0.307 e. The van der Waals surface area contributed by atoms with E-state index in [0.717, 1.165) is 27.8 Å². The molecule has 6 aromatic heterocycles. The molecule has 0 aliphatic heterocycles. The number of carbonyl (C=O) groups is 6. The lowest BCUT2D eigenvalue weighted by Crippen LogP contribution is -2.21. The molecule has 0 bridgehead atoms. The Morgan fingerprint density at radius 2 is 0.906 bits per heavy atom. The number of ketones is 2. The number of thiazole rings is 3. The Morgan fingerprint density at radius 1 is 0.510 bits per heavy atom. The summed E-state index contributed by atoms with van der Waals surface area (Å²) >= 11 is 28.2. The van der Waals surface area contributed by atoms with Gasteiger partial charge in [0, 0.05) is 67.1 Å². The first-order valence-corrected chi connectivity index (χ1v) is 32.4. The van der Waals surface area contributed by atoms with Crippen LogP contribution >= 0.6 is 80.4 Å². The number of aromatic nitrogens is 9. The third-order valence-corrected chi connectivity index (χ3v) is 16.6. The second-order valence-electron chi connectivity index (χ2n) is 19.7. The number of hydrogen-bond acceptors (Lipinski definition) is 29.